The average Bonchev–Trinajstić information content (AvgIpc) is 2.56. The molecular formula is C8H9NOS2. The molecule has 0 bridgehead atoms. The molecule has 0 aliphatic heterocycles. The van der Waals surface area contributed by atoms with Gasteiger partial charge in [0, 0.05) is 0 Å². The number of rotatable bonds is 3. The highest BCUT2D eigenvalue weighted by Gasteiger charge is 2.01. The zero-order valence-corrected chi connectivity index (χ0v) is 8.32. The van der Waals surface area contributed by atoms with E-state index in [1.807, 2.05) is 18.4 Å². The van der Waals surface area contributed by atoms with Gasteiger partial charge in [-0.3, -0.25) is 4.79 Å². The van der Waals surface area contributed by atoms with Crippen molar-refractivity contribution >= 4 is 34.6 Å². The predicted molar refractivity (Wildman–Crippen MR) is 55.3 cm³/mol. The summed E-state index contributed by atoms with van der Waals surface area (Å²) in [6.45, 7) is 2.02. The van der Waals surface area contributed by atoms with Crippen LogP contribution in [0.15, 0.2) is 22.5 Å². The summed E-state index contributed by atoms with van der Waals surface area (Å²) < 4.78 is 0. The van der Waals surface area contributed by atoms with Gasteiger partial charge in [0.05, 0.1) is 10.4 Å². The quantitative estimate of drug-likeness (QED) is 0.553. The zero-order chi connectivity index (χ0) is 8.81. The van der Waals surface area contributed by atoms with Crippen molar-refractivity contribution in [3.05, 3.63) is 22.4 Å². The standard InChI is InChI=1S/C8H9NOS2/c1-2-11-6-9-8(10)7-4-3-5-12-7/h3-6H,2H2,1H3. The molecule has 1 amide bonds. The van der Waals surface area contributed by atoms with E-state index in [1.165, 1.54) is 23.1 Å². The summed E-state index contributed by atoms with van der Waals surface area (Å²) in [5.74, 6) is 0.798. The maximum atomic E-state index is 11.2. The summed E-state index contributed by atoms with van der Waals surface area (Å²) in [6.07, 6.45) is 0. The Balaban J connectivity index is 2.50. The summed E-state index contributed by atoms with van der Waals surface area (Å²) in [7, 11) is 0. The SMILES string of the molecule is CCSC=NC(=O)c1cccs1. The second-order valence-electron chi connectivity index (χ2n) is 1.97. The number of hydrogen-bond acceptors (Lipinski definition) is 3. The van der Waals surface area contributed by atoms with E-state index in [0.717, 1.165) is 5.75 Å². The zero-order valence-electron chi connectivity index (χ0n) is 6.69. The third-order valence-corrected chi connectivity index (χ3v) is 2.59. The van der Waals surface area contributed by atoms with Gasteiger partial charge >= 0.3 is 0 Å². The Morgan fingerprint density at radius 1 is 1.83 bits per heavy atom. The average molecular weight is 199 g/mol. The number of amides is 1. The van der Waals surface area contributed by atoms with E-state index in [9.17, 15) is 4.79 Å². The van der Waals surface area contributed by atoms with Crippen molar-refractivity contribution in [2.45, 2.75) is 6.92 Å². The molecule has 0 unspecified atom stereocenters. The molecule has 0 spiro atoms. The smallest absolute Gasteiger partial charge is 0.266 e. The molecular weight excluding hydrogens is 190 g/mol. The van der Waals surface area contributed by atoms with E-state index in [1.54, 1.807) is 11.6 Å². The largest absolute Gasteiger partial charge is 0.287 e. The van der Waals surface area contributed by atoms with Gasteiger partial charge in [0.25, 0.3) is 5.91 Å². The Bertz CT molecular complexity index is 267. The molecule has 0 aliphatic rings. The van der Waals surface area contributed by atoms with Gasteiger partial charge in [-0.2, -0.15) is 0 Å². The topological polar surface area (TPSA) is 29.4 Å². The Morgan fingerprint density at radius 2 is 2.67 bits per heavy atom. The molecule has 0 aliphatic carbocycles. The van der Waals surface area contributed by atoms with Crippen molar-refractivity contribution in [1.29, 1.82) is 0 Å². The third kappa shape index (κ3) is 2.79. The van der Waals surface area contributed by atoms with Crippen molar-refractivity contribution in [3.63, 3.8) is 0 Å². The Kier molecular flexibility index (Phi) is 4.04. The van der Waals surface area contributed by atoms with Crippen molar-refractivity contribution in [2.24, 2.45) is 4.99 Å². The molecule has 1 aromatic rings. The van der Waals surface area contributed by atoms with E-state index in [4.69, 9.17) is 0 Å². The molecule has 0 saturated carbocycles. The van der Waals surface area contributed by atoms with E-state index in [2.05, 4.69) is 4.99 Å². The molecule has 1 heterocycles. The maximum Gasteiger partial charge on any atom is 0.287 e. The molecule has 4 heteroatoms. The van der Waals surface area contributed by atoms with Crippen molar-refractivity contribution in [2.75, 3.05) is 5.75 Å². The Morgan fingerprint density at radius 3 is 3.25 bits per heavy atom. The van der Waals surface area contributed by atoms with Gasteiger partial charge < -0.3 is 0 Å². The fourth-order valence-corrected chi connectivity index (χ4v) is 1.56. The third-order valence-electron chi connectivity index (χ3n) is 1.14. The lowest BCUT2D eigenvalue weighted by atomic mass is 10.5. The highest BCUT2D eigenvalue weighted by Crippen LogP contribution is 2.09. The van der Waals surface area contributed by atoms with E-state index in [0.29, 0.717) is 4.88 Å². The van der Waals surface area contributed by atoms with Crippen LogP contribution in [0.5, 0.6) is 0 Å². The molecule has 1 aromatic heterocycles. The summed E-state index contributed by atoms with van der Waals surface area (Å²) >= 11 is 2.94. The number of thiophene rings is 1. The van der Waals surface area contributed by atoms with E-state index >= 15 is 0 Å². The molecule has 0 aromatic carbocycles. The number of nitrogens with zero attached hydrogens (tertiary/aromatic N) is 1. The number of thioether (sulfide) groups is 1. The lowest BCUT2D eigenvalue weighted by Gasteiger charge is -1.86. The number of aliphatic imine (C=N–C) groups is 1. The van der Waals surface area contributed by atoms with Crippen LogP contribution in [0.4, 0.5) is 0 Å². The molecule has 12 heavy (non-hydrogen) atoms. The molecule has 0 atom stereocenters. The molecule has 1 rings (SSSR count). The van der Waals surface area contributed by atoms with Crippen molar-refractivity contribution in [3.8, 4) is 0 Å². The van der Waals surface area contributed by atoms with Gasteiger partial charge in [-0.25, -0.2) is 4.99 Å². The van der Waals surface area contributed by atoms with Crippen LogP contribution >= 0.6 is 23.1 Å². The lowest BCUT2D eigenvalue weighted by Crippen LogP contribution is -1.89. The fraction of sp³-hybridized carbons (Fsp3) is 0.250. The maximum absolute atomic E-state index is 11.2. The predicted octanol–water partition coefficient (Wildman–Crippen LogP) is 2.67. The molecule has 2 nitrogen and oxygen atoms in total. The van der Waals surface area contributed by atoms with Crippen LogP contribution in [0.1, 0.15) is 16.6 Å². The second kappa shape index (κ2) is 5.11. The van der Waals surface area contributed by atoms with Crippen LogP contribution in [0.3, 0.4) is 0 Å². The minimum absolute atomic E-state index is 0.147. The lowest BCUT2D eigenvalue weighted by molar-refractivity contribution is 0.101. The van der Waals surface area contributed by atoms with Crippen molar-refractivity contribution in [1.82, 2.24) is 0 Å². The minimum Gasteiger partial charge on any atom is -0.266 e. The highest BCUT2D eigenvalue weighted by atomic mass is 32.2. The van der Waals surface area contributed by atoms with Gasteiger partial charge in [-0.05, 0) is 17.2 Å². The fourth-order valence-electron chi connectivity index (χ4n) is 0.624. The van der Waals surface area contributed by atoms with Gasteiger partial charge in [-0.15, -0.1) is 23.1 Å². The van der Waals surface area contributed by atoms with Gasteiger partial charge in [0.2, 0.25) is 0 Å². The van der Waals surface area contributed by atoms with Crippen LogP contribution in [0.2, 0.25) is 0 Å². The molecule has 0 radical (unpaired) electrons. The molecule has 64 valence electrons. The van der Waals surface area contributed by atoms with Crippen LogP contribution in [0, 0.1) is 0 Å². The summed E-state index contributed by atoms with van der Waals surface area (Å²) in [5.41, 5.74) is 1.60. The van der Waals surface area contributed by atoms with E-state index in [-0.39, 0.29) is 5.91 Å². The number of carbonyl (C=O) groups is 1. The molecule has 0 saturated heterocycles. The monoisotopic (exact) mass is 199 g/mol. The normalized spacial score (nSPS) is 10.8. The molecule has 0 N–H and O–H groups in total. The first-order valence-electron chi connectivity index (χ1n) is 3.56. The van der Waals surface area contributed by atoms with Crippen LogP contribution < -0.4 is 0 Å². The summed E-state index contributed by atoms with van der Waals surface area (Å²) in [4.78, 5) is 15.6. The number of hydrogen-bond donors (Lipinski definition) is 0. The van der Waals surface area contributed by atoms with Crippen LogP contribution in [0.25, 0.3) is 0 Å². The number of carbonyl (C=O) groups excluding carboxylic acids is 1. The van der Waals surface area contributed by atoms with Crippen LogP contribution in [-0.2, 0) is 0 Å². The first-order chi connectivity index (χ1) is 5.84. The highest BCUT2D eigenvalue weighted by molar-refractivity contribution is 8.12. The van der Waals surface area contributed by atoms with Gasteiger partial charge in [0.15, 0.2) is 0 Å². The molecule has 0 fully saturated rings. The van der Waals surface area contributed by atoms with Gasteiger partial charge in [0.1, 0.15) is 0 Å². The van der Waals surface area contributed by atoms with E-state index < -0.39 is 0 Å². The van der Waals surface area contributed by atoms with Crippen LogP contribution in [-0.4, -0.2) is 17.2 Å². The summed E-state index contributed by atoms with van der Waals surface area (Å²) in [5, 5.41) is 1.87. The first kappa shape index (κ1) is 9.48. The van der Waals surface area contributed by atoms with Gasteiger partial charge in [-0.1, -0.05) is 13.0 Å². The Labute approximate surface area is 79.7 Å². The first-order valence-corrected chi connectivity index (χ1v) is 5.49. The Hall–Kier alpha value is -0.610. The summed E-state index contributed by atoms with van der Waals surface area (Å²) in [6, 6.07) is 3.63. The van der Waals surface area contributed by atoms with Crippen molar-refractivity contribution < 1.29 is 4.79 Å². The minimum atomic E-state index is -0.147. The second-order valence-corrected chi connectivity index (χ2v) is 4.04.